The summed E-state index contributed by atoms with van der Waals surface area (Å²) in [6, 6.07) is 11.1. The Kier molecular flexibility index (Phi) is 4.59. The van der Waals surface area contributed by atoms with E-state index in [1.54, 1.807) is 37.3 Å². The molecule has 0 fully saturated rings. The van der Waals surface area contributed by atoms with E-state index in [0.29, 0.717) is 5.69 Å². The van der Waals surface area contributed by atoms with E-state index < -0.39 is 17.4 Å². The minimum Gasteiger partial charge on any atom is -0.480 e. The molecule has 2 N–H and O–H groups in total. The number of aromatic nitrogens is 2. The van der Waals surface area contributed by atoms with Crippen LogP contribution >= 0.6 is 0 Å². The van der Waals surface area contributed by atoms with Crippen molar-refractivity contribution in [3.63, 3.8) is 0 Å². The van der Waals surface area contributed by atoms with Crippen molar-refractivity contribution in [2.75, 3.05) is 0 Å². The highest BCUT2D eigenvalue weighted by Gasteiger charge is 2.33. The highest BCUT2D eigenvalue weighted by Crippen LogP contribution is 2.10. The van der Waals surface area contributed by atoms with Gasteiger partial charge in [0.05, 0.1) is 5.69 Å². The molecular formula is C16H17N3O4. The summed E-state index contributed by atoms with van der Waals surface area (Å²) in [5.74, 6) is -1.79. The van der Waals surface area contributed by atoms with Gasteiger partial charge in [0.1, 0.15) is 11.2 Å². The van der Waals surface area contributed by atoms with Gasteiger partial charge in [0.2, 0.25) is 0 Å². The van der Waals surface area contributed by atoms with Crippen molar-refractivity contribution in [2.24, 2.45) is 0 Å². The second-order valence-corrected chi connectivity index (χ2v) is 5.25. The van der Waals surface area contributed by atoms with Crippen LogP contribution in [0.15, 0.2) is 47.3 Å². The molecule has 1 atom stereocenters. The van der Waals surface area contributed by atoms with E-state index in [1.807, 2.05) is 0 Å². The van der Waals surface area contributed by atoms with Crippen LogP contribution in [0, 0.1) is 0 Å². The maximum Gasteiger partial charge on any atom is 0.329 e. The van der Waals surface area contributed by atoms with Gasteiger partial charge in [-0.15, -0.1) is 0 Å². The lowest BCUT2D eigenvalue weighted by Crippen LogP contribution is -2.52. The highest BCUT2D eigenvalue weighted by molar-refractivity contribution is 5.96. The molecule has 1 unspecified atom stereocenters. The molecule has 7 nitrogen and oxygen atoms in total. The molecule has 0 radical (unpaired) electrons. The van der Waals surface area contributed by atoms with Crippen LogP contribution in [0.4, 0.5) is 0 Å². The molecular weight excluding hydrogens is 298 g/mol. The molecule has 0 spiro atoms. The third kappa shape index (κ3) is 3.45. The first kappa shape index (κ1) is 16.4. The molecule has 1 aromatic carbocycles. The fraction of sp³-hybridized carbons (Fsp3) is 0.250. The molecule has 0 saturated heterocycles. The molecule has 120 valence electrons. The van der Waals surface area contributed by atoms with E-state index in [4.69, 9.17) is 0 Å². The number of hydrogen-bond donors (Lipinski definition) is 2. The van der Waals surface area contributed by atoms with Crippen molar-refractivity contribution in [3.8, 4) is 5.69 Å². The normalized spacial score (nSPS) is 13.1. The first-order valence-corrected chi connectivity index (χ1v) is 7.09. The Morgan fingerprint density at radius 1 is 1.22 bits per heavy atom. The average Bonchev–Trinajstić information content (AvgIpc) is 2.55. The largest absolute Gasteiger partial charge is 0.480 e. The number of carboxylic acids is 1. The minimum absolute atomic E-state index is 0.0330. The number of aliphatic carboxylic acids is 1. The number of benzene rings is 1. The summed E-state index contributed by atoms with van der Waals surface area (Å²) < 4.78 is 1.10. The van der Waals surface area contributed by atoms with Gasteiger partial charge in [0.15, 0.2) is 0 Å². The van der Waals surface area contributed by atoms with Crippen LogP contribution in [0.5, 0.6) is 0 Å². The molecule has 2 rings (SSSR count). The number of carboxylic acid groups (broad SMARTS) is 1. The fourth-order valence-electron chi connectivity index (χ4n) is 1.89. The van der Waals surface area contributed by atoms with Crippen molar-refractivity contribution in [2.45, 2.75) is 25.8 Å². The number of carbonyl (C=O) groups excluding carboxylic acids is 1. The lowest BCUT2D eigenvalue weighted by molar-refractivity contribution is -0.143. The van der Waals surface area contributed by atoms with Crippen molar-refractivity contribution in [1.82, 2.24) is 15.1 Å². The van der Waals surface area contributed by atoms with Gasteiger partial charge >= 0.3 is 5.97 Å². The average molecular weight is 315 g/mol. The van der Waals surface area contributed by atoms with Crippen LogP contribution in [0.25, 0.3) is 5.69 Å². The number of rotatable bonds is 5. The van der Waals surface area contributed by atoms with Gasteiger partial charge < -0.3 is 10.4 Å². The molecule has 0 bridgehead atoms. The van der Waals surface area contributed by atoms with Gasteiger partial charge in [0.25, 0.3) is 11.5 Å². The predicted molar refractivity (Wildman–Crippen MR) is 83.6 cm³/mol. The summed E-state index contributed by atoms with van der Waals surface area (Å²) in [4.78, 5) is 35.5. The maximum absolute atomic E-state index is 12.3. The molecule has 0 aliphatic carbocycles. The summed E-state index contributed by atoms with van der Waals surface area (Å²) in [5, 5.41) is 15.7. The number of hydrogen-bond acceptors (Lipinski definition) is 4. The van der Waals surface area contributed by atoms with Crippen molar-refractivity contribution >= 4 is 11.9 Å². The predicted octanol–water partition coefficient (Wildman–Crippen LogP) is 1.22. The maximum atomic E-state index is 12.3. The van der Waals surface area contributed by atoms with Crippen LogP contribution in [-0.2, 0) is 4.79 Å². The van der Waals surface area contributed by atoms with E-state index in [9.17, 15) is 19.5 Å². The second kappa shape index (κ2) is 6.43. The summed E-state index contributed by atoms with van der Waals surface area (Å²) in [6.45, 7) is 3.08. The minimum atomic E-state index is -1.40. The van der Waals surface area contributed by atoms with Gasteiger partial charge in [-0.25, -0.2) is 4.79 Å². The first-order chi connectivity index (χ1) is 10.9. The zero-order chi connectivity index (χ0) is 17.0. The van der Waals surface area contributed by atoms with Gasteiger partial charge in [0, 0.05) is 6.07 Å². The quantitative estimate of drug-likeness (QED) is 0.863. The molecule has 2 aromatic rings. The Bertz CT molecular complexity index is 785. The monoisotopic (exact) mass is 315 g/mol. The van der Waals surface area contributed by atoms with Crippen LogP contribution in [0.2, 0.25) is 0 Å². The number of carbonyl (C=O) groups is 2. The van der Waals surface area contributed by atoms with E-state index in [1.165, 1.54) is 19.1 Å². The van der Waals surface area contributed by atoms with Gasteiger partial charge in [-0.3, -0.25) is 9.59 Å². The van der Waals surface area contributed by atoms with Crippen LogP contribution < -0.4 is 10.9 Å². The Hall–Kier alpha value is -2.96. The summed E-state index contributed by atoms with van der Waals surface area (Å²) in [7, 11) is 0. The molecule has 0 aliphatic heterocycles. The van der Waals surface area contributed by atoms with Crippen molar-refractivity contribution < 1.29 is 14.7 Å². The zero-order valence-electron chi connectivity index (χ0n) is 12.8. The second-order valence-electron chi connectivity index (χ2n) is 5.25. The molecule has 0 saturated carbocycles. The standard InChI is InChI=1S/C16H17N3O4/c1-3-16(2,15(22)23)17-14(21)12-9-10-13(20)19(18-12)11-7-5-4-6-8-11/h4-10H,3H2,1-2H3,(H,17,21)(H,22,23). The molecule has 0 aliphatic rings. The number of nitrogens with one attached hydrogen (secondary N) is 1. The van der Waals surface area contributed by atoms with E-state index in [0.717, 1.165) is 4.68 Å². The molecule has 1 amide bonds. The van der Waals surface area contributed by atoms with Crippen LogP contribution in [-0.4, -0.2) is 32.3 Å². The highest BCUT2D eigenvalue weighted by atomic mass is 16.4. The number of para-hydroxylation sites is 1. The van der Waals surface area contributed by atoms with Crippen molar-refractivity contribution in [3.05, 3.63) is 58.5 Å². The summed E-state index contributed by atoms with van der Waals surface area (Å²) in [6.07, 6.45) is 0.215. The first-order valence-electron chi connectivity index (χ1n) is 7.09. The SMILES string of the molecule is CCC(C)(NC(=O)c1ccc(=O)n(-c2ccccc2)n1)C(=O)O. The zero-order valence-corrected chi connectivity index (χ0v) is 12.8. The molecule has 7 heteroatoms. The lowest BCUT2D eigenvalue weighted by atomic mass is 9.99. The summed E-state index contributed by atoms with van der Waals surface area (Å²) >= 11 is 0. The molecule has 1 aromatic heterocycles. The van der Waals surface area contributed by atoms with Gasteiger partial charge in [-0.1, -0.05) is 25.1 Å². The van der Waals surface area contributed by atoms with Gasteiger partial charge in [-0.2, -0.15) is 9.78 Å². The topological polar surface area (TPSA) is 101 Å². The smallest absolute Gasteiger partial charge is 0.329 e. The number of amides is 1. The Labute approximate surface area is 132 Å². The Morgan fingerprint density at radius 3 is 2.43 bits per heavy atom. The van der Waals surface area contributed by atoms with Crippen LogP contribution in [0.3, 0.4) is 0 Å². The van der Waals surface area contributed by atoms with E-state index >= 15 is 0 Å². The molecule has 23 heavy (non-hydrogen) atoms. The third-order valence-corrected chi connectivity index (χ3v) is 3.60. The Balaban J connectivity index is 2.36. The molecule has 1 heterocycles. The van der Waals surface area contributed by atoms with E-state index in [-0.39, 0.29) is 17.7 Å². The van der Waals surface area contributed by atoms with Crippen LogP contribution in [0.1, 0.15) is 30.8 Å². The third-order valence-electron chi connectivity index (χ3n) is 3.60. The fourth-order valence-corrected chi connectivity index (χ4v) is 1.89. The van der Waals surface area contributed by atoms with E-state index in [2.05, 4.69) is 10.4 Å². The number of nitrogens with zero attached hydrogens (tertiary/aromatic N) is 2. The summed E-state index contributed by atoms with van der Waals surface area (Å²) in [5.41, 5.74) is -1.30. The van der Waals surface area contributed by atoms with Gasteiger partial charge in [-0.05, 0) is 31.5 Å². The van der Waals surface area contributed by atoms with Crippen molar-refractivity contribution in [1.29, 1.82) is 0 Å². The lowest BCUT2D eigenvalue weighted by Gasteiger charge is -2.24. The Morgan fingerprint density at radius 2 is 1.87 bits per heavy atom.